The first-order valence-corrected chi connectivity index (χ1v) is 7.77. The van der Waals surface area contributed by atoms with Crippen LogP contribution in [0.25, 0.3) is 0 Å². The second kappa shape index (κ2) is 5.90. The van der Waals surface area contributed by atoms with E-state index in [4.69, 9.17) is 5.73 Å². The first-order valence-electron chi connectivity index (χ1n) is 6.29. The molecule has 0 unspecified atom stereocenters. The zero-order chi connectivity index (χ0) is 14.7. The van der Waals surface area contributed by atoms with Crippen LogP contribution in [0.5, 0.6) is 0 Å². The average Bonchev–Trinajstić information content (AvgIpc) is 2.37. The summed E-state index contributed by atoms with van der Waals surface area (Å²) in [5.41, 5.74) is 6.09. The fourth-order valence-electron chi connectivity index (χ4n) is 1.69. The molecule has 5 nitrogen and oxygen atoms in total. The van der Waals surface area contributed by atoms with Crippen LogP contribution in [0.1, 0.15) is 20.8 Å². The van der Waals surface area contributed by atoms with Gasteiger partial charge in [-0.05, 0) is 26.0 Å². The largest absolute Gasteiger partial charge is 0.367 e. The highest BCUT2D eigenvalue weighted by Crippen LogP contribution is 2.28. The minimum absolute atomic E-state index is 0.279. The van der Waals surface area contributed by atoms with Crippen molar-refractivity contribution >= 4 is 15.7 Å². The summed E-state index contributed by atoms with van der Waals surface area (Å²) >= 11 is 0. The van der Waals surface area contributed by atoms with Crippen LogP contribution < -0.4 is 15.4 Å². The first kappa shape index (κ1) is 15.9. The Labute approximate surface area is 115 Å². The number of sulfonamides is 1. The van der Waals surface area contributed by atoms with Crippen LogP contribution in [0, 0.1) is 0 Å². The quantitative estimate of drug-likeness (QED) is 0.822. The molecule has 0 saturated carbocycles. The number of likely N-dealkylation sites (N-methyl/N-ethyl adjacent to an activating group) is 1. The number of nitrogens with two attached hydrogens (primary N) is 1. The number of para-hydroxylation sites is 1. The summed E-state index contributed by atoms with van der Waals surface area (Å²) in [6.45, 7) is 6.50. The van der Waals surface area contributed by atoms with Crippen LogP contribution in [0.3, 0.4) is 0 Å². The molecule has 108 valence electrons. The third-order valence-corrected chi connectivity index (χ3v) is 4.85. The SMILES string of the molecule is CCNS(=O)(=O)c1ccccc1N(C)C(C)(C)CN. The number of rotatable bonds is 6. The van der Waals surface area contributed by atoms with Gasteiger partial charge in [-0.3, -0.25) is 0 Å². The predicted octanol–water partition coefficient (Wildman–Crippen LogP) is 1.16. The number of hydrogen-bond donors (Lipinski definition) is 2. The van der Waals surface area contributed by atoms with E-state index in [2.05, 4.69) is 4.72 Å². The Bertz CT molecular complexity index is 526. The molecule has 0 radical (unpaired) electrons. The number of benzene rings is 1. The molecule has 0 saturated heterocycles. The monoisotopic (exact) mass is 285 g/mol. The van der Waals surface area contributed by atoms with Crippen molar-refractivity contribution in [3.05, 3.63) is 24.3 Å². The topological polar surface area (TPSA) is 75.4 Å². The van der Waals surface area contributed by atoms with Crippen molar-refractivity contribution in [2.75, 3.05) is 25.0 Å². The molecule has 1 aromatic rings. The lowest BCUT2D eigenvalue weighted by Gasteiger charge is -2.37. The van der Waals surface area contributed by atoms with Crippen molar-refractivity contribution in [3.8, 4) is 0 Å². The summed E-state index contributed by atoms with van der Waals surface area (Å²) in [6, 6.07) is 6.94. The van der Waals surface area contributed by atoms with Crippen LogP contribution in [0.2, 0.25) is 0 Å². The maximum atomic E-state index is 12.2. The van der Waals surface area contributed by atoms with Crippen LogP contribution in [-0.4, -0.2) is 34.1 Å². The van der Waals surface area contributed by atoms with Crippen molar-refractivity contribution in [3.63, 3.8) is 0 Å². The molecule has 0 aliphatic heterocycles. The molecule has 6 heteroatoms. The lowest BCUT2D eigenvalue weighted by atomic mass is 10.0. The van der Waals surface area contributed by atoms with Gasteiger partial charge in [0.2, 0.25) is 10.0 Å². The number of nitrogens with one attached hydrogen (secondary N) is 1. The van der Waals surface area contributed by atoms with E-state index in [1.807, 2.05) is 31.9 Å². The fourth-order valence-corrected chi connectivity index (χ4v) is 2.97. The summed E-state index contributed by atoms with van der Waals surface area (Å²) in [4.78, 5) is 2.18. The maximum absolute atomic E-state index is 12.2. The third kappa shape index (κ3) is 3.46. The lowest BCUT2D eigenvalue weighted by Crippen LogP contribution is -2.48. The van der Waals surface area contributed by atoms with Gasteiger partial charge in [0.15, 0.2) is 0 Å². The second-order valence-corrected chi connectivity index (χ2v) is 6.78. The summed E-state index contributed by atoms with van der Waals surface area (Å²) in [5.74, 6) is 0. The molecule has 0 bridgehead atoms. The summed E-state index contributed by atoms with van der Waals surface area (Å²) < 4.78 is 26.9. The molecule has 0 aliphatic rings. The van der Waals surface area contributed by atoms with Crippen molar-refractivity contribution in [2.45, 2.75) is 31.2 Å². The summed E-state index contributed by atoms with van der Waals surface area (Å²) in [5, 5.41) is 0. The van der Waals surface area contributed by atoms with E-state index in [-0.39, 0.29) is 10.4 Å². The Morgan fingerprint density at radius 1 is 1.32 bits per heavy atom. The standard InChI is InChI=1S/C13H23N3O2S/c1-5-15-19(17,18)12-9-7-6-8-11(12)16(4)13(2,3)10-14/h6-9,15H,5,10,14H2,1-4H3. The van der Waals surface area contributed by atoms with Gasteiger partial charge in [-0.2, -0.15) is 0 Å². The molecule has 0 aromatic heterocycles. The van der Waals surface area contributed by atoms with Gasteiger partial charge in [0, 0.05) is 25.7 Å². The molecule has 0 spiro atoms. The Balaban J connectivity index is 3.32. The van der Waals surface area contributed by atoms with Gasteiger partial charge < -0.3 is 10.6 Å². The molecule has 3 N–H and O–H groups in total. The molecule has 19 heavy (non-hydrogen) atoms. The number of hydrogen-bond acceptors (Lipinski definition) is 4. The highest BCUT2D eigenvalue weighted by atomic mass is 32.2. The van der Waals surface area contributed by atoms with Gasteiger partial charge in [0.25, 0.3) is 0 Å². The third-order valence-electron chi connectivity index (χ3n) is 3.26. The Morgan fingerprint density at radius 3 is 2.42 bits per heavy atom. The van der Waals surface area contributed by atoms with E-state index >= 15 is 0 Å². The van der Waals surface area contributed by atoms with E-state index in [9.17, 15) is 8.42 Å². The van der Waals surface area contributed by atoms with Crippen LogP contribution in [0.15, 0.2) is 29.2 Å². The Morgan fingerprint density at radius 2 is 1.89 bits per heavy atom. The van der Waals surface area contributed by atoms with Crippen molar-refractivity contribution < 1.29 is 8.42 Å². The Hall–Kier alpha value is -1.11. The predicted molar refractivity (Wildman–Crippen MR) is 78.8 cm³/mol. The molecule has 0 atom stereocenters. The van der Waals surface area contributed by atoms with Crippen molar-refractivity contribution in [2.24, 2.45) is 5.73 Å². The smallest absolute Gasteiger partial charge is 0.242 e. The molecule has 0 amide bonds. The van der Waals surface area contributed by atoms with Crippen LogP contribution in [0.4, 0.5) is 5.69 Å². The molecular formula is C13H23N3O2S. The normalized spacial score (nSPS) is 12.5. The van der Waals surface area contributed by atoms with E-state index in [0.717, 1.165) is 0 Å². The van der Waals surface area contributed by atoms with Gasteiger partial charge in [-0.1, -0.05) is 19.1 Å². The van der Waals surface area contributed by atoms with E-state index in [1.165, 1.54) is 0 Å². The van der Waals surface area contributed by atoms with Crippen molar-refractivity contribution in [1.29, 1.82) is 0 Å². The molecule has 0 aliphatic carbocycles. The Kier molecular flexibility index (Phi) is 4.95. The summed E-state index contributed by atoms with van der Waals surface area (Å²) in [6.07, 6.45) is 0. The highest BCUT2D eigenvalue weighted by molar-refractivity contribution is 7.89. The van der Waals surface area contributed by atoms with Crippen LogP contribution >= 0.6 is 0 Å². The van der Waals surface area contributed by atoms with Gasteiger partial charge >= 0.3 is 0 Å². The van der Waals surface area contributed by atoms with Gasteiger partial charge in [-0.15, -0.1) is 0 Å². The van der Waals surface area contributed by atoms with E-state index in [0.29, 0.717) is 18.8 Å². The van der Waals surface area contributed by atoms with Gasteiger partial charge in [0.1, 0.15) is 4.90 Å². The summed E-state index contributed by atoms with van der Waals surface area (Å²) in [7, 11) is -1.63. The molecule has 0 fully saturated rings. The average molecular weight is 285 g/mol. The fraction of sp³-hybridized carbons (Fsp3) is 0.538. The minimum atomic E-state index is -3.49. The van der Waals surface area contributed by atoms with E-state index in [1.54, 1.807) is 25.1 Å². The van der Waals surface area contributed by atoms with Gasteiger partial charge in [0.05, 0.1) is 5.69 Å². The van der Waals surface area contributed by atoms with Crippen LogP contribution in [-0.2, 0) is 10.0 Å². The zero-order valence-corrected chi connectivity index (χ0v) is 12.8. The van der Waals surface area contributed by atoms with Crippen molar-refractivity contribution in [1.82, 2.24) is 4.72 Å². The molecule has 1 rings (SSSR count). The van der Waals surface area contributed by atoms with E-state index < -0.39 is 10.0 Å². The highest BCUT2D eigenvalue weighted by Gasteiger charge is 2.27. The zero-order valence-electron chi connectivity index (χ0n) is 12.0. The number of nitrogens with zero attached hydrogens (tertiary/aromatic N) is 1. The van der Waals surface area contributed by atoms with Gasteiger partial charge in [-0.25, -0.2) is 13.1 Å². The molecule has 1 aromatic carbocycles. The maximum Gasteiger partial charge on any atom is 0.242 e. The minimum Gasteiger partial charge on any atom is -0.367 e. The second-order valence-electron chi connectivity index (χ2n) is 5.04. The molecular weight excluding hydrogens is 262 g/mol. The lowest BCUT2D eigenvalue weighted by molar-refractivity contribution is 0.495. The molecule has 0 heterocycles. The number of anilines is 1. The first-order chi connectivity index (χ1) is 8.76.